The number of ether oxygens (including phenoxy) is 1. The lowest BCUT2D eigenvalue weighted by Crippen LogP contribution is -2.41. The zero-order valence-corrected chi connectivity index (χ0v) is 14.0. The summed E-state index contributed by atoms with van der Waals surface area (Å²) in [4.78, 5) is 0. The molecule has 2 aliphatic rings. The zero-order valence-electron chi connectivity index (χ0n) is 12.4. The fourth-order valence-corrected chi connectivity index (χ4v) is 4.65. The van der Waals surface area contributed by atoms with Crippen LogP contribution in [0.1, 0.15) is 62.7 Å². The van der Waals surface area contributed by atoms with Crippen molar-refractivity contribution < 1.29 is 4.74 Å². The van der Waals surface area contributed by atoms with Gasteiger partial charge in [-0.25, -0.2) is 0 Å². The summed E-state index contributed by atoms with van der Waals surface area (Å²) in [6.45, 7) is 2.37. The van der Waals surface area contributed by atoms with Crippen LogP contribution < -0.4 is 0 Å². The molecule has 0 aliphatic heterocycles. The Morgan fingerprint density at radius 2 is 2.10 bits per heavy atom. The highest BCUT2D eigenvalue weighted by Crippen LogP contribution is 2.43. The lowest BCUT2D eigenvalue weighted by molar-refractivity contribution is -0.114. The second-order valence-corrected chi connectivity index (χ2v) is 7.28. The van der Waals surface area contributed by atoms with Crippen molar-refractivity contribution in [2.45, 2.75) is 63.6 Å². The van der Waals surface area contributed by atoms with Crippen LogP contribution in [-0.2, 0) is 11.2 Å². The Balaban J connectivity index is 1.80. The lowest BCUT2D eigenvalue weighted by atomic mass is 9.79. The van der Waals surface area contributed by atoms with Crippen LogP contribution in [0, 0.1) is 5.92 Å². The van der Waals surface area contributed by atoms with Crippen LogP contribution in [-0.4, -0.2) is 10.9 Å². The molecule has 0 spiro atoms. The average Bonchev–Trinajstić information content (AvgIpc) is 2.48. The quantitative estimate of drug-likeness (QED) is 0.669. The van der Waals surface area contributed by atoms with Gasteiger partial charge in [-0.3, -0.25) is 0 Å². The molecule has 0 aromatic heterocycles. The number of fused-ring (bicyclic) bond motifs is 1. The lowest BCUT2D eigenvalue weighted by Gasteiger charge is -2.42. The summed E-state index contributed by atoms with van der Waals surface area (Å²) in [5.74, 6) is 0.792. The Kier molecular flexibility index (Phi) is 4.52. The molecule has 20 heavy (non-hydrogen) atoms. The van der Waals surface area contributed by atoms with Gasteiger partial charge in [-0.15, -0.1) is 0 Å². The summed E-state index contributed by atoms with van der Waals surface area (Å²) in [6, 6.07) is 8.86. The van der Waals surface area contributed by atoms with Crippen molar-refractivity contribution in [2.75, 3.05) is 5.33 Å². The molecule has 2 heteroatoms. The monoisotopic (exact) mass is 336 g/mol. The van der Waals surface area contributed by atoms with Crippen molar-refractivity contribution in [3.63, 3.8) is 0 Å². The molecule has 2 aliphatic carbocycles. The third-order valence-corrected chi connectivity index (χ3v) is 6.02. The van der Waals surface area contributed by atoms with Crippen LogP contribution in [0.3, 0.4) is 0 Å². The molecule has 1 fully saturated rings. The van der Waals surface area contributed by atoms with Gasteiger partial charge in [0.15, 0.2) is 0 Å². The average molecular weight is 337 g/mol. The van der Waals surface area contributed by atoms with E-state index < -0.39 is 0 Å². The van der Waals surface area contributed by atoms with Crippen LogP contribution in [0.4, 0.5) is 0 Å². The second-order valence-electron chi connectivity index (χ2n) is 6.72. The van der Waals surface area contributed by atoms with E-state index in [9.17, 15) is 0 Å². The van der Waals surface area contributed by atoms with Gasteiger partial charge < -0.3 is 4.74 Å². The summed E-state index contributed by atoms with van der Waals surface area (Å²) < 4.78 is 6.72. The van der Waals surface area contributed by atoms with Gasteiger partial charge in [0.2, 0.25) is 0 Å². The first-order chi connectivity index (χ1) is 9.72. The topological polar surface area (TPSA) is 9.23 Å². The molecular formula is C18H25BrO. The van der Waals surface area contributed by atoms with Crippen molar-refractivity contribution >= 4 is 15.9 Å². The van der Waals surface area contributed by atoms with Crippen LogP contribution in [0.5, 0.6) is 0 Å². The number of alkyl halides is 1. The van der Waals surface area contributed by atoms with Crippen LogP contribution in [0.15, 0.2) is 24.3 Å². The first-order valence-corrected chi connectivity index (χ1v) is 9.16. The molecule has 1 saturated carbocycles. The molecule has 3 unspecified atom stereocenters. The number of rotatable bonds is 3. The summed E-state index contributed by atoms with van der Waals surface area (Å²) in [5.41, 5.74) is 3.00. The van der Waals surface area contributed by atoms with Gasteiger partial charge in [0, 0.05) is 5.33 Å². The van der Waals surface area contributed by atoms with Crippen molar-refractivity contribution in [3.05, 3.63) is 35.4 Å². The summed E-state index contributed by atoms with van der Waals surface area (Å²) in [5, 5.41) is 0.975. The van der Waals surface area contributed by atoms with Gasteiger partial charge in [-0.05, 0) is 49.1 Å². The van der Waals surface area contributed by atoms with E-state index in [-0.39, 0.29) is 5.60 Å². The third kappa shape index (κ3) is 2.96. The van der Waals surface area contributed by atoms with Crippen LogP contribution in [0.2, 0.25) is 0 Å². The van der Waals surface area contributed by atoms with E-state index in [4.69, 9.17) is 4.74 Å². The molecule has 3 rings (SSSR count). The first kappa shape index (κ1) is 14.6. The number of hydrogen-bond acceptors (Lipinski definition) is 1. The van der Waals surface area contributed by atoms with E-state index in [0.29, 0.717) is 6.10 Å². The normalized spacial score (nSPS) is 33.7. The van der Waals surface area contributed by atoms with Crippen molar-refractivity contribution in [3.8, 4) is 0 Å². The highest BCUT2D eigenvalue weighted by Gasteiger charge is 2.38. The number of hydrogen-bond donors (Lipinski definition) is 0. The van der Waals surface area contributed by atoms with E-state index in [2.05, 4.69) is 47.1 Å². The molecule has 110 valence electrons. The van der Waals surface area contributed by atoms with Crippen LogP contribution >= 0.6 is 15.9 Å². The zero-order chi connectivity index (χ0) is 14.0. The molecule has 3 atom stereocenters. The maximum Gasteiger partial charge on any atom is 0.0835 e. The van der Waals surface area contributed by atoms with Gasteiger partial charge in [0.1, 0.15) is 0 Å². The molecule has 0 N–H and O–H groups in total. The third-order valence-electron chi connectivity index (χ3n) is 5.00. The Hall–Kier alpha value is -0.340. The molecule has 0 amide bonds. The summed E-state index contributed by atoms with van der Waals surface area (Å²) in [7, 11) is 0. The Bertz CT molecular complexity index is 458. The van der Waals surface area contributed by atoms with E-state index >= 15 is 0 Å². The molecule has 1 aromatic rings. The largest absolute Gasteiger partial charge is 0.366 e. The highest BCUT2D eigenvalue weighted by atomic mass is 79.9. The van der Waals surface area contributed by atoms with Gasteiger partial charge in [0.05, 0.1) is 11.7 Å². The number of aryl methyl sites for hydroxylation is 1. The van der Waals surface area contributed by atoms with E-state index in [0.717, 1.165) is 11.2 Å². The smallest absolute Gasteiger partial charge is 0.0835 e. The van der Waals surface area contributed by atoms with Gasteiger partial charge in [0.25, 0.3) is 0 Å². The minimum atomic E-state index is 0.0623. The van der Waals surface area contributed by atoms with E-state index in [1.165, 1.54) is 56.1 Å². The summed E-state index contributed by atoms with van der Waals surface area (Å²) in [6.07, 6.45) is 9.05. The predicted octanol–water partition coefficient (Wildman–Crippen LogP) is 5.42. The standard InChI is InChI=1S/C18H25BrO/c1-14-6-5-11-18(12-14,13-19)20-17-10-4-8-15-7-2-3-9-16(15)17/h2-3,7,9,14,17H,4-6,8,10-13H2,1H3. The van der Waals surface area contributed by atoms with E-state index in [1.54, 1.807) is 0 Å². The summed E-state index contributed by atoms with van der Waals surface area (Å²) >= 11 is 3.74. The first-order valence-electron chi connectivity index (χ1n) is 8.04. The van der Waals surface area contributed by atoms with Crippen molar-refractivity contribution in [1.29, 1.82) is 0 Å². The minimum absolute atomic E-state index is 0.0623. The molecule has 1 aromatic carbocycles. The molecule has 0 radical (unpaired) electrons. The maximum atomic E-state index is 6.72. The van der Waals surface area contributed by atoms with Crippen molar-refractivity contribution in [2.24, 2.45) is 5.92 Å². The van der Waals surface area contributed by atoms with Crippen LogP contribution in [0.25, 0.3) is 0 Å². The highest BCUT2D eigenvalue weighted by molar-refractivity contribution is 9.09. The second kappa shape index (κ2) is 6.19. The predicted molar refractivity (Wildman–Crippen MR) is 87.4 cm³/mol. The molecule has 1 nitrogen and oxygen atoms in total. The molecule has 0 bridgehead atoms. The van der Waals surface area contributed by atoms with Gasteiger partial charge in [-0.2, -0.15) is 0 Å². The fraction of sp³-hybridized carbons (Fsp3) is 0.667. The Morgan fingerprint density at radius 3 is 2.90 bits per heavy atom. The Labute approximate surface area is 131 Å². The molecular weight excluding hydrogens is 312 g/mol. The number of halogens is 1. The van der Waals surface area contributed by atoms with E-state index in [1.807, 2.05) is 0 Å². The Morgan fingerprint density at radius 1 is 1.25 bits per heavy atom. The SMILES string of the molecule is CC1CCCC(CBr)(OC2CCCc3ccccc32)C1. The maximum absolute atomic E-state index is 6.72. The molecule has 0 saturated heterocycles. The van der Waals surface area contributed by atoms with Crippen molar-refractivity contribution in [1.82, 2.24) is 0 Å². The minimum Gasteiger partial charge on any atom is -0.366 e. The fourth-order valence-electron chi connectivity index (χ4n) is 4.01. The van der Waals surface area contributed by atoms with Gasteiger partial charge >= 0.3 is 0 Å². The molecule has 0 heterocycles. The van der Waals surface area contributed by atoms with Gasteiger partial charge in [-0.1, -0.05) is 60.0 Å². The number of benzene rings is 1.